The Morgan fingerprint density at radius 1 is 1.16 bits per heavy atom. The molecule has 9 nitrogen and oxygen atoms in total. The molecule has 38 heavy (non-hydrogen) atoms. The van der Waals surface area contributed by atoms with Gasteiger partial charge in [0.15, 0.2) is 23.9 Å². The van der Waals surface area contributed by atoms with Gasteiger partial charge < -0.3 is 19.0 Å². The molecule has 192 valence electrons. The van der Waals surface area contributed by atoms with Crippen LogP contribution < -0.4 is 15.0 Å². The Kier molecular flexibility index (Phi) is 7.17. The summed E-state index contributed by atoms with van der Waals surface area (Å²) in [5.41, 5.74) is 1.25. The Morgan fingerprint density at radius 2 is 1.95 bits per heavy atom. The van der Waals surface area contributed by atoms with Crippen LogP contribution in [-0.4, -0.2) is 40.2 Å². The molecule has 0 aliphatic carbocycles. The summed E-state index contributed by atoms with van der Waals surface area (Å²) >= 11 is 9.59. The number of benzene rings is 3. The molecule has 0 atom stereocenters. The van der Waals surface area contributed by atoms with Crippen molar-refractivity contribution in [3.8, 4) is 23.1 Å². The largest absolute Gasteiger partial charge is 0.490 e. The molecule has 0 spiro atoms. The van der Waals surface area contributed by atoms with Crippen molar-refractivity contribution in [2.24, 2.45) is 5.10 Å². The number of aromatic nitrogens is 2. The summed E-state index contributed by atoms with van der Waals surface area (Å²) in [5.74, 6) is 0.0209. The van der Waals surface area contributed by atoms with E-state index in [1.54, 1.807) is 67.6 Å². The number of hydrogen-bond donors (Lipinski definition) is 1. The standard InChI is InChI=1S/C27H19BrClN3O6/c1-2-36-22-11-16(19(28)12-23(22)37-14-25(33)34)13-30-32-26(31-20-6-4-3-5-18(20)27(32)35)24-10-15-9-17(29)7-8-21(15)38-24/h3-13H,2,14H2,1H3,(H,33,34). The highest BCUT2D eigenvalue weighted by Gasteiger charge is 2.17. The van der Waals surface area contributed by atoms with Crippen molar-refractivity contribution in [3.63, 3.8) is 0 Å². The molecule has 0 bridgehead atoms. The summed E-state index contributed by atoms with van der Waals surface area (Å²) in [6.45, 7) is 1.60. The molecule has 0 saturated carbocycles. The van der Waals surface area contributed by atoms with Gasteiger partial charge in [0.25, 0.3) is 5.56 Å². The first-order valence-electron chi connectivity index (χ1n) is 11.4. The lowest BCUT2D eigenvalue weighted by Gasteiger charge is -2.13. The van der Waals surface area contributed by atoms with E-state index in [4.69, 9.17) is 30.6 Å². The number of para-hydroxylation sites is 1. The van der Waals surface area contributed by atoms with Gasteiger partial charge in [-0.15, -0.1) is 0 Å². The summed E-state index contributed by atoms with van der Waals surface area (Å²) in [6, 6.07) is 17.2. The highest BCUT2D eigenvalue weighted by Crippen LogP contribution is 2.34. The quantitative estimate of drug-likeness (QED) is 0.219. The van der Waals surface area contributed by atoms with E-state index in [2.05, 4.69) is 26.0 Å². The molecular weight excluding hydrogens is 578 g/mol. The van der Waals surface area contributed by atoms with Crippen molar-refractivity contribution in [1.29, 1.82) is 0 Å². The number of halogens is 2. The van der Waals surface area contributed by atoms with Gasteiger partial charge in [-0.05, 0) is 71.4 Å². The highest BCUT2D eigenvalue weighted by molar-refractivity contribution is 9.10. The van der Waals surface area contributed by atoms with E-state index in [1.165, 1.54) is 10.9 Å². The molecule has 3 aromatic carbocycles. The van der Waals surface area contributed by atoms with Gasteiger partial charge in [-0.3, -0.25) is 4.79 Å². The van der Waals surface area contributed by atoms with Gasteiger partial charge in [-0.25, -0.2) is 9.78 Å². The van der Waals surface area contributed by atoms with Gasteiger partial charge in [-0.2, -0.15) is 9.78 Å². The summed E-state index contributed by atoms with van der Waals surface area (Å²) in [4.78, 5) is 29.1. The second kappa shape index (κ2) is 10.7. The number of furan rings is 1. The Hall–Kier alpha value is -4.15. The van der Waals surface area contributed by atoms with Crippen LogP contribution in [0.4, 0.5) is 0 Å². The van der Waals surface area contributed by atoms with E-state index >= 15 is 0 Å². The number of carboxylic acids is 1. The minimum Gasteiger partial charge on any atom is -0.490 e. The van der Waals surface area contributed by atoms with Crippen molar-refractivity contribution in [1.82, 2.24) is 9.66 Å². The van der Waals surface area contributed by atoms with E-state index < -0.39 is 12.6 Å². The summed E-state index contributed by atoms with van der Waals surface area (Å²) < 4.78 is 18.7. The SMILES string of the molecule is CCOc1cc(C=Nn2c(-c3cc4cc(Cl)ccc4o3)nc3ccccc3c2=O)c(Br)cc1OCC(=O)O. The van der Waals surface area contributed by atoms with Crippen molar-refractivity contribution in [2.45, 2.75) is 6.92 Å². The zero-order chi connectivity index (χ0) is 26.8. The predicted octanol–water partition coefficient (Wildman–Crippen LogP) is 5.97. The minimum absolute atomic E-state index is 0.208. The topological polar surface area (TPSA) is 116 Å². The molecule has 5 rings (SSSR count). The van der Waals surface area contributed by atoms with Gasteiger partial charge in [0, 0.05) is 20.4 Å². The van der Waals surface area contributed by atoms with Crippen molar-refractivity contribution < 1.29 is 23.8 Å². The van der Waals surface area contributed by atoms with E-state index in [0.717, 1.165) is 5.39 Å². The smallest absolute Gasteiger partial charge is 0.341 e. The molecule has 5 aromatic rings. The van der Waals surface area contributed by atoms with Crippen LogP contribution in [0.15, 0.2) is 79.4 Å². The minimum atomic E-state index is -1.11. The van der Waals surface area contributed by atoms with Crippen molar-refractivity contribution in [2.75, 3.05) is 13.2 Å². The van der Waals surface area contributed by atoms with Gasteiger partial charge in [-0.1, -0.05) is 23.7 Å². The van der Waals surface area contributed by atoms with E-state index in [0.29, 0.717) is 49.7 Å². The van der Waals surface area contributed by atoms with E-state index in [-0.39, 0.29) is 17.1 Å². The van der Waals surface area contributed by atoms with Crippen LogP contribution in [0.2, 0.25) is 5.02 Å². The Labute approximate surface area is 229 Å². The Balaban J connectivity index is 1.64. The summed E-state index contributed by atoms with van der Waals surface area (Å²) in [7, 11) is 0. The van der Waals surface area contributed by atoms with E-state index in [9.17, 15) is 9.59 Å². The molecule has 0 saturated heterocycles. The molecule has 0 fully saturated rings. The number of hydrogen-bond acceptors (Lipinski definition) is 7. The zero-order valence-corrected chi connectivity index (χ0v) is 22.2. The third-order valence-corrected chi connectivity index (χ3v) is 6.40. The maximum atomic E-state index is 13.5. The average molecular weight is 597 g/mol. The summed E-state index contributed by atoms with van der Waals surface area (Å²) in [5, 5.41) is 15.1. The van der Waals surface area contributed by atoms with Crippen LogP contribution in [-0.2, 0) is 4.79 Å². The number of aliphatic carboxylic acids is 1. The zero-order valence-electron chi connectivity index (χ0n) is 19.9. The lowest BCUT2D eigenvalue weighted by molar-refractivity contribution is -0.139. The number of carboxylic acid groups (broad SMARTS) is 1. The molecule has 11 heteroatoms. The lowest BCUT2D eigenvalue weighted by Crippen LogP contribution is -2.20. The maximum Gasteiger partial charge on any atom is 0.341 e. The molecule has 0 unspecified atom stereocenters. The Bertz CT molecular complexity index is 1780. The molecule has 2 heterocycles. The second-order valence-corrected chi connectivity index (χ2v) is 9.33. The number of ether oxygens (including phenoxy) is 2. The first-order chi connectivity index (χ1) is 18.3. The van der Waals surface area contributed by atoms with Gasteiger partial charge >= 0.3 is 5.97 Å². The normalized spacial score (nSPS) is 11.4. The third-order valence-electron chi connectivity index (χ3n) is 5.48. The average Bonchev–Trinajstić information content (AvgIpc) is 3.31. The second-order valence-electron chi connectivity index (χ2n) is 8.04. The molecule has 0 radical (unpaired) electrons. The van der Waals surface area contributed by atoms with Crippen LogP contribution in [0.3, 0.4) is 0 Å². The van der Waals surface area contributed by atoms with Gasteiger partial charge in [0.05, 0.1) is 23.7 Å². The van der Waals surface area contributed by atoms with Crippen LogP contribution in [0.1, 0.15) is 12.5 Å². The van der Waals surface area contributed by atoms with Crippen molar-refractivity contribution >= 4 is 61.6 Å². The van der Waals surface area contributed by atoms with Crippen LogP contribution in [0.5, 0.6) is 11.5 Å². The first-order valence-corrected chi connectivity index (χ1v) is 12.6. The van der Waals surface area contributed by atoms with Crippen LogP contribution in [0, 0.1) is 0 Å². The molecule has 0 aliphatic rings. The fourth-order valence-corrected chi connectivity index (χ4v) is 4.41. The molecule has 0 aliphatic heterocycles. The number of carbonyl (C=O) groups is 1. The monoisotopic (exact) mass is 595 g/mol. The number of rotatable bonds is 8. The van der Waals surface area contributed by atoms with Crippen molar-refractivity contribution in [3.05, 3.63) is 86.1 Å². The fourth-order valence-electron chi connectivity index (χ4n) is 3.81. The van der Waals surface area contributed by atoms with Crippen LogP contribution >= 0.6 is 27.5 Å². The van der Waals surface area contributed by atoms with Gasteiger partial charge in [0.2, 0.25) is 5.82 Å². The molecule has 1 N–H and O–H groups in total. The Morgan fingerprint density at radius 3 is 2.74 bits per heavy atom. The van der Waals surface area contributed by atoms with Crippen LogP contribution in [0.25, 0.3) is 33.5 Å². The molecule has 0 amide bonds. The summed E-state index contributed by atoms with van der Waals surface area (Å²) in [6.07, 6.45) is 1.47. The van der Waals surface area contributed by atoms with Gasteiger partial charge in [0.1, 0.15) is 5.58 Å². The highest BCUT2D eigenvalue weighted by atomic mass is 79.9. The predicted molar refractivity (Wildman–Crippen MR) is 148 cm³/mol. The molecular formula is C27H19BrClN3O6. The lowest BCUT2D eigenvalue weighted by atomic mass is 10.2. The molecule has 2 aromatic heterocycles. The van der Waals surface area contributed by atoms with E-state index in [1.807, 2.05) is 0 Å². The number of fused-ring (bicyclic) bond motifs is 2. The third kappa shape index (κ3) is 5.13. The number of nitrogens with zero attached hydrogens (tertiary/aromatic N) is 3. The fraction of sp³-hybridized carbons (Fsp3) is 0.111. The first kappa shape index (κ1) is 25.5. The maximum absolute atomic E-state index is 13.5.